The SMILES string of the molecule is COC(=O)NS(=O)(=O)NCCCCCl. The molecule has 2 N–H and O–H groups in total. The van der Waals surface area contributed by atoms with Gasteiger partial charge >= 0.3 is 16.3 Å². The Balaban J connectivity index is 3.79. The summed E-state index contributed by atoms with van der Waals surface area (Å²) in [4.78, 5) is 10.5. The van der Waals surface area contributed by atoms with E-state index in [4.69, 9.17) is 11.6 Å². The average Bonchev–Trinajstić information content (AvgIpc) is 2.12. The fraction of sp³-hybridized carbons (Fsp3) is 0.833. The topological polar surface area (TPSA) is 84.5 Å². The molecule has 0 unspecified atom stereocenters. The van der Waals surface area contributed by atoms with Gasteiger partial charge in [-0.05, 0) is 12.8 Å². The lowest BCUT2D eigenvalue weighted by Gasteiger charge is -2.06. The Morgan fingerprint density at radius 3 is 2.57 bits per heavy atom. The minimum Gasteiger partial charge on any atom is -0.452 e. The number of amides is 1. The van der Waals surface area contributed by atoms with E-state index < -0.39 is 16.3 Å². The molecular formula is C6H13ClN2O4S. The predicted octanol–water partition coefficient (Wildman–Crippen LogP) is 0.196. The third-order valence-corrected chi connectivity index (χ3v) is 2.54. The highest BCUT2D eigenvalue weighted by Crippen LogP contribution is 1.90. The second-order valence-corrected chi connectivity index (χ2v) is 4.27. The van der Waals surface area contributed by atoms with Gasteiger partial charge in [0.05, 0.1) is 7.11 Å². The Bertz CT molecular complexity index is 267. The summed E-state index contributed by atoms with van der Waals surface area (Å²) in [6.45, 7) is 0.235. The van der Waals surface area contributed by atoms with Crippen LogP contribution < -0.4 is 9.44 Å². The van der Waals surface area contributed by atoms with Crippen LogP contribution in [0.3, 0.4) is 0 Å². The van der Waals surface area contributed by atoms with Crippen molar-refractivity contribution in [1.82, 2.24) is 9.44 Å². The minimum absolute atomic E-state index is 0.235. The third-order valence-electron chi connectivity index (χ3n) is 1.26. The maximum absolute atomic E-state index is 11.0. The molecule has 0 aliphatic heterocycles. The normalized spacial score (nSPS) is 11.0. The van der Waals surface area contributed by atoms with Gasteiger partial charge in [-0.25, -0.2) is 9.52 Å². The summed E-state index contributed by atoms with van der Waals surface area (Å²) in [7, 11) is -2.71. The fourth-order valence-electron chi connectivity index (χ4n) is 0.613. The van der Waals surface area contributed by atoms with E-state index in [0.717, 1.165) is 7.11 Å². The molecule has 0 atom stereocenters. The van der Waals surface area contributed by atoms with E-state index in [1.165, 1.54) is 0 Å². The number of carbonyl (C=O) groups is 1. The van der Waals surface area contributed by atoms with E-state index in [1.807, 2.05) is 0 Å². The number of methoxy groups -OCH3 is 1. The highest BCUT2D eigenvalue weighted by Gasteiger charge is 2.12. The van der Waals surface area contributed by atoms with Crippen molar-refractivity contribution in [3.63, 3.8) is 0 Å². The van der Waals surface area contributed by atoms with Crippen LogP contribution in [0.25, 0.3) is 0 Å². The quantitative estimate of drug-likeness (QED) is 0.516. The van der Waals surface area contributed by atoms with E-state index in [9.17, 15) is 13.2 Å². The molecule has 0 aliphatic carbocycles. The summed E-state index contributed by atoms with van der Waals surface area (Å²) in [6, 6.07) is 0. The predicted molar refractivity (Wildman–Crippen MR) is 52.4 cm³/mol. The van der Waals surface area contributed by atoms with Gasteiger partial charge in [0, 0.05) is 12.4 Å². The van der Waals surface area contributed by atoms with Crippen LogP contribution in [0.1, 0.15) is 12.8 Å². The average molecular weight is 245 g/mol. The van der Waals surface area contributed by atoms with Crippen molar-refractivity contribution in [1.29, 1.82) is 0 Å². The molecule has 6 nitrogen and oxygen atoms in total. The number of hydrogen-bond donors (Lipinski definition) is 2. The number of nitrogens with one attached hydrogen (secondary N) is 2. The van der Waals surface area contributed by atoms with Crippen LogP contribution in [0.5, 0.6) is 0 Å². The van der Waals surface area contributed by atoms with Gasteiger partial charge in [-0.1, -0.05) is 0 Å². The van der Waals surface area contributed by atoms with Gasteiger partial charge in [0.2, 0.25) is 0 Å². The number of ether oxygens (including phenoxy) is 1. The zero-order valence-corrected chi connectivity index (χ0v) is 9.32. The fourth-order valence-corrected chi connectivity index (χ4v) is 1.59. The molecule has 0 aromatic carbocycles. The standard InChI is InChI=1S/C6H13ClN2O4S/c1-13-6(10)9-14(11,12)8-5-3-2-4-7/h8H,2-5H2,1H3,(H,9,10). The molecule has 1 amide bonds. The summed E-state index contributed by atoms with van der Waals surface area (Å²) in [5, 5.41) is 0. The summed E-state index contributed by atoms with van der Waals surface area (Å²) >= 11 is 5.39. The molecule has 0 aromatic heterocycles. The molecule has 0 aromatic rings. The van der Waals surface area contributed by atoms with Crippen LogP contribution in [-0.2, 0) is 14.9 Å². The highest BCUT2D eigenvalue weighted by molar-refractivity contribution is 7.88. The molecule has 0 radical (unpaired) electrons. The number of unbranched alkanes of at least 4 members (excludes halogenated alkanes) is 1. The molecule has 0 heterocycles. The molecule has 0 fully saturated rings. The van der Waals surface area contributed by atoms with Crippen molar-refractivity contribution in [2.75, 3.05) is 19.5 Å². The smallest absolute Gasteiger partial charge is 0.421 e. The van der Waals surface area contributed by atoms with Crippen molar-refractivity contribution >= 4 is 27.9 Å². The largest absolute Gasteiger partial charge is 0.452 e. The van der Waals surface area contributed by atoms with Gasteiger partial charge in [-0.15, -0.1) is 11.6 Å². The summed E-state index contributed by atoms with van der Waals surface area (Å²) < 4.78 is 29.9. The van der Waals surface area contributed by atoms with E-state index in [-0.39, 0.29) is 6.54 Å². The number of rotatable bonds is 6. The van der Waals surface area contributed by atoms with Crippen LogP contribution in [0, 0.1) is 0 Å². The van der Waals surface area contributed by atoms with Gasteiger partial charge in [-0.3, -0.25) is 0 Å². The van der Waals surface area contributed by atoms with Gasteiger partial charge in [-0.2, -0.15) is 13.1 Å². The van der Waals surface area contributed by atoms with Gasteiger partial charge in [0.15, 0.2) is 0 Å². The number of hydrogen-bond acceptors (Lipinski definition) is 4. The van der Waals surface area contributed by atoms with E-state index in [2.05, 4.69) is 9.46 Å². The first kappa shape index (κ1) is 13.5. The Labute approximate surface area is 88.1 Å². The maximum Gasteiger partial charge on any atom is 0.421 e. The zero-order chi connectivity index (χ0) is 11.0. The van der Waals surface area contributed by atoms with Crippen LogP contribution >= 0.6 is 11.6 Å². The van der Waals surface area contributed by atoms with Crippen LogP contribution in [0.4, 0.5) is 4.79 Å². The molecule has 0 aliphatic rings. The monoisotopic (exact) mass is 244 g/mol. The zero-order valence-electron chi connectivity index (χ0n) is 7.75. The number of carbonyl (C=O) groups excluding carboxylic acids is 1. The molecule has 0 rings (SSSR count). The van der Waals surface area contributed by atoms with Crippen molar-refractivity contribution in [2.45, 2.75) is 12.8 Å². The van der Waals surface area contributed by atoms with Crippen molar-refractivity contribution < 1.29 is 17.9 Å². The lowest BCUT2D eigenvalue weighted by Crippen LogP contribution is -2.40. The molecule has 14 heavy (non-hydrogen) atoms. The first-order valence-electron chi connectivity index (χ1n) is 3.93. The second-order valence-electron chi connectivity index (χ2n) is 2.39. The Kier molecular flexibility index (Phi) is 6.60. The Morgan fingerprint density at radius 2 is 2.07 bits per heavy atom. The lowest BCUT2D eigenvalue weighted by molar-refractivity contribution is 0.177. The maximum atomic E-state index is 11.0. The molecule has 0 spiro atoms. The minimum atomic E-state index is -3.79. The van der Waals surface area contributed by atoms with E-state index in [1.54, 1.807) is 4.72 Å². The Morgan fingerprint density at radius 1 is 1.43 bits per heavy atom. The van der Waals surface area contributed by atoms with Crippen molar-refractivity contribution in [3.8, 4) is 0 Å². The van der Waals surface area contributed by atoms with Gasteiger partial charge < -0.3 is 4.74 Å². The molecule has 0 saturated carbocycles. The van der Waals surface area contributed by atoms with Crippen LogP contribution in [0.15, 0.2) is 0 Å². The summed E-state index contributed by atoms with van der Waals surface area (Å²) in [6.07, 6.45) is 0.309. The molecule has 0 bridgehead atoms. The first-order valence-corrected chi connectivity index (χ1v) is 5.95. The molecule has 84 valence electrons. The Hall–Kier alpha value is -0.530. The van der Waals surface area contributed by atoms with Crippen molar-refractivity contribution in [3.05, 3.63) is 0 Å². The molecule has 0 saturated heterocycles. The van der Waals surface area contributed by atoms with Gasteiger partial charge in [0.25, 0.3) is 0 Å². The van der Waals surface area contributed by atoms with Crippen LogP contribution in [-0.4, -0.2) is 34.0 Å². The summed E-state index contributed by atoms with van der Waals surface area (Å²) in [5.74, 6) is 0.478. The van der Waals surface area contributed by atoms with Crippen molar-refractivity contribution in [2.24, 2.45) is 0 Å². The summed E-state index contributed by atoms with van der Waals surface area (Å²) in [5.41, 5.74) is 0. The lowest BCUT2D eigenvalue weighted by atomic mass is 10.3. The second kappa shape index (κ2) is 6.86. The highest BCUT2D eigenvalue weighted by atomic mass is 35.5. The molecule has 8 heteroatoms. The van der Waals surface area contributed by atoms with Gasteiger partial charge in [0.1, 0.15) is 0 Å². The first-order chi connectivity index (χ1) is 6.52. The van der Waals surface area contributed by atoms with Crippen LogP contribution in [0.2, 0.25) is 0 Å². The van der Waals surface area contributed by atoms with E-state index in [0.29, 0.717) is 18.7 Å². The third kappa shape index (κ3) is 6.93. The van der Waals surface area contributed by atoms with E-state index >= 15 is 0 Å². The number of alkyl halides is 1. The number of halogens is 1. The molecular weight excluding hydrogens is 232 g/mol.